The van der Waals surface area contributed by atoms with E-state index in [0.29, 0.717) is 43.5 Å². The first kappa shape index (κ1) is 22.3. The molecule has 0 N–H and O–H groups in total. The van der Waals surface area contributed by atoms with Crippen LogP contribution in [0.5, 0.6) is 11.5 Å². The Hall–Kier alpha value is -3.35. The second-order valence-electron chi connectivity index (χ2n) is 7.27. The van der Waals surface area contributed by atoms with Gasteiger partial charge in [0.1, 0.15) is 0 Å². The number of hydrogen-bond donors (Lipinski definition) is 0. The quantitative estimate of drug-likeness (QED) is 0.480. The topological polar surface area (TPSA) is 77.7 Å². The maximum atomic E-state index is 12.6. The Morgan fingerprint density at radius 2 is 1.74 bits per heavy atom. The van der Waals surface area contributed by atoms with Crippen molar-refractivity contribution in [3.05, 3.63) is 59.5 Å². The van der Waals surface area contributed by atoms with Crippen LogP contribution >= 0.6 is 0 Å². The number of ether oxygens (including phenoxy) is 2. The Labute approximate surface area is 183 Å². The van der Waals surface area contributed by atoms with Crippen molar-refractivity contribution < 1.29 is 18.8 Å². The highest BCUT2D eigenvalue weighted by atomic mass is 16.5. The van der Waals surface area contributed by atoms with Crippen molar-refractivity contribution in [1.29, 1.82) is 0 Å². The summed E-state index contributed by atoms with van der Waals surface area (Å²) in [5.74, 6) is 2.36. The third-order valence-electron chi connectivity index (χ3n) is 4.81. The van der Waals surface area contributed by atoms with Crippen LogP contribution in [0.1, 0.15) is 37.3 Å². The monoisotopic (exact) mass is 423 g/mol. The van der Waals surface area contributed by atoms with Gasteiger partial charge in [0.15, 0.2) is 11.5 Å². The summed E-state index contributed by atoms with van der Waals surface area (Å²) in [4.78, 5) is 18.6. The molecular weight excluding hydrogens is 394 g/mol. The maximum Gasteiger partial charge on any atom is 0.246 e. The van der Waals surface area contributed by atoms with Crippen molar-refractivity contribution in [3.63, 3.8) is 0 Å². The van der Waals surface area contributed by atoms with E-state index in [2.05, 4.69) is 10.1 Å². The van der Waals surface area contributed by atoms with Crippen molar-refractivity contribution in [3.8, 4) is 22.9 Å². The van der Waals surface area contributed by atoms with Gasteiger partial charge in [-0.1, -0.05) is 41.1 Å². The number of hydrogen-bond acceptors (Lipinski definition) is 6. The van der Waals surface area contributed by atoms with Crippen LogP contribution in [0.4, 0.5) is 0 Å². The van der Waals surface area contributed by atoms with Gasteiger partial charge in [0.05, 0.1) is 19.8 Å². The molecule has 0 bridgehead atoms. The van der Waals surface area contributed by atoms with Crippen molar-refractivity contribution >= 4 is 5.91 Å². The van der Waals surface area contributed by atoms with Crippen LogP contribution in [0.25, 0.3) is 11.4 Å². The molecule has 164 valence electrons. The number of rotatable bonds is 10. The molecule has 0 unspecified atom stereocenters. The molecule has 7 nitrogen and oxygen atoms in total. The lowest BCUT2D eigenvalue weighted by Gasteiger charge is -2.15. The van der Waals surface area contributed by atoms with E-state index < -0.39 is 0 Å². The molecule has 0 radical (unpaired) electrons. The molecule has 1 aromatic heterocycles. The Bertz CT molecular complexity index is 998. The minimum Gasteiger partial charge on any atom is -0.490 e. The average molecular weight is 424 g/mol. The van der Waals surface area contributed by atoms with Gasteiger partial charge in [-0.3, -0.25) is 4.79 Å². The van der Waals surface area contributed by atoms with Gasteiger partial charge < -0.3 is 18.9 Å². The zero-order chi connectivity index (χ0) is 22.2. The van der Waals surface area contributed by atoms with Gasteiger partial charge in [0, 0.05) is 19.0 Å². The number of benzene rings is 2. The summed E-state index contributed by atoms with van der Waals surface area (Å²) in [6.45, 7) is 7.29. The van der Waals surface area contributed by atoms with E-state index >= 15 is 0 Å². The number of amides is 1. The van der Waals surface area contributed by atoms with Gasteiger partial charge in [-0.05, 0) is 44.9 Å². The van der Waals surface area contributed by atoms with Gasteiger partial charge in [-0.15, -0.1) is 0 Å². The molecule has 1 amide bonds. The molecule has 1 heterocycles. The fraction of sp³-hybridized carbons (Fsp3) is 0.375. The van der Waals surface area contributed by atoms with Crippen molar-refractivity contribution in [2.75, 3.05) is 20.3 Å². The number of carbonyl (C=O) groups excluding carboxylic acids is 1. The summed E-state index contributed by atoms with van der Waals surface area (Å²) in [6.07, 6.45) is 0.975. The van der Waals surface area contributed by atoms with Gasteiger partial charge in [0.2, 0.25) is 17.6 Å². The summed E-state index contributed by atoms with van der Waals surface area (Å²) in [7, 11) is 1.74. The molecule has 0 spiro atoms. The van der Waals surface area contributed by atoms with Gasteiger partial charge in [-0.2, -0.15) is 4.98 Å². The van der Waals surface area contributed by atoms with E-state index in [9.17, 15) is 4.79 Å². The van der Waals surface area contributed by atoms with Crippen molar-refractivity contribution in [1.82, 2.24) is 15.0 Å². The first-order chi connectivity index (χ1) is 15.0. The molecule has 3 rings (SSSR count). The standard InChI is InChI=1S/C24H29N3O4/c1-5-29-20-13-9-18(15-21(20)30-6-2)10-14-23(28)27(4)16-22-25-24(26-31-22)19-11-7-17(3)8-12-19/h7-9,11-13,15H,5-6,10,14,16H2,1-4H3. The van der Waals surface area contributed by atoms with Crippen LogP contribution in [-0.2, 0) is 17.8 Å². The highest BCUT2D eigenvalue weighted by Gasteiger charge is 2.15. The molecular formula is C24H29N3O4. The van der Waals surface area contributed by atoms with E-state index in [4.69, 9.17) is 14.0 Å². The van der Waals surface area contributed by atoms with E-state index in [0.717, 1.165) is 16.9 Å². The second-order valence-corrected chi connectivity index (χ2v) is 7.27. The largest absolute Gasteiger partial charge is 0.490 e. The van der Waals surface area contributed by atoms with E-state index in [1.54, 1.807) is 11.9 Å². The summed E-state index contributed by atoms with van der Waals surface area (Å²) in [5.41, 5.74) is 3.07. The molecule has 0 aliphatic heterocycles. The fourth-order valence-electron chi connectivity index (χ4n) is 3.12. The average Bonchev–Trinajstić information content (AvgIpc) is 3.22. The van der Waals surface area contributed by atoms with Crippen molar-refractivity contribution in [2.45, 2.75) is 40.2 Å². The van der Waals surface area contributed by atoms with Crippen LogP contribution in [0, 0.1) is 6.92 Å². The van der Waals surface area contributed by atoms with Crippen LogP contribution in [0.2, 0.25) is 0 Å². The molecule has 0 atom stereocenters. The fourth-order valence-corrected chi connectivity index (χ4v) is 3.12. The highest BCUT2D eigenvalue weighted by Crippen LogP contribution is 2.29. The minimum atomic E-state index is 0.00179. The number of nitrogens with zero attached hydrogens (tertiary/aromatic N) is 3. The first-order valence-corrected chi connectivity index (χ1v) is 10.5. The summed E-state index contributed by atoms with van der Waals surface area (Å²) < 4.78 is 16.6. The summed E-state index contributed by atoms with van der Waals surface area (Å²) in [5, 5.41) is 4.02. The lowest BCUT2D eigenvalue weighted by molar-refractivity contribution is -0.130. The molecule has 0 aliphatic carbocycles. The predicted octanol–water partition coefficient (Wildman–Crippen LogP) is 4.43. The summed E-state index contributed by atoms with van der Waals surface area (Å²) in [6, 6.07) is 13.7. The third kappa shape index (κ3) is 6.07. The summed E-state index contributed by atoms with van der Waals surface area (Å²) >= 11 is 0. The van der Waals surface area contributed by atoms with Crippen molar-refractivity contribution in [2.24, 2.45) is 0 Å². The molecule has 3 aromatic rings. The lowest BCUT2D eigenvalue weighted by atomic mass is 10.1. The lowest BCUT2D eigenvalue weighted by Crippen LogP contribution is -2.26. The second kappa shape index (κ2) is 10.6. The van der Waals surface area contributed by atoms with E-state index in [-0.39, 0.29) is 12.5 Å². The Balaban J connectivity index is 1.56. The molecule has 31 heavy (non-hydrogen) atoms. The van der Waals surface area contributed by atoms with Crippen LogP contribution < -0.4 is 9.47 Å². The molecule has 2 aromatic carbocycles. The van der Waals surface area contributed by atoms with Gasteiger partial charge in [-0.25, -0.2) is 0 Å². The molecule has 0 fully saturated rings. The molecule has 7 heteroatoms. The predicted molar refractivity (Wildman–Crippen MR) is 118 cm³/mol. The molecule has 0 aliphatic rings. The van der Waals surface area contributed by atoms with Gasteiger partial charge >= 0.3 is 0 Å². The normalized spacial score (nSPS) is 10.7. The SMILES string of the molecule is CCOc1ccc(CCC(=O)N(C)Cc2nc(-c3ccc(C)cc3)no2)cc1OCC. The maximum absolute atomic E-state index is 12.6. The van der Waals surface area contributed by atoms with E-state index in [1.165, 1.54) is 5.56 Å². The van der Waals surface area contributed by atoms with Crippen LogP contribution in [0.15, 0.2) is 47.0 Å². The minimum absolute atomic E-state index is 0.00179. The Morgan fingerprint density at radius 3 is 2.45 bits per heavy atom. The van der Waals surface area contributed by atoms with Crippen LogP contribution in [-0.4, -0.2) is 41.2 Å². The van der Waals surface area contributed by atoms with E-state index in [1.807, 2.05) is 63.2 Å². The molecule has 0 saturated heterocycles. The Morgan fingerprint density at radius 1 is 1.03 bits per heavy atom. The number of aromatic nitrogens is 2. The number of carbonyl (C=O) groups is 1. The van der Waals surface area contributed by atoms with Crippen LogP contribution in [0.3, 0.4) is 0 Å². The van der Waals surface area contributed by atoms with Gasteiger partial charge in [0.25, 0.3) is 0 Å². The first-order valence-electron chi connectivity index (χ1n) is 10.5. The smallest absolute Gasteiger partial charge is 0.246 e. The zero-order valence-electron chi connectivity index (χ0n) is 18.6. The highest BCUT2D eigenvalue weighted by molar-refractivity contribution is 5.76. The zero-order valence-corrected chi connectivity index (χ0v) is 18.6. The Kier molecular flexibility index (Phi) is 7.65. The third-order valence-corrected chi connectivity index (χ3v) is 4.81. The number of aryl methyl sites for hydroxylation is 2. The molecule has 0 saturated carbocycles.